The van der Waals surface area contributed by atoms with Crippen LogP contribution in [0, 0.1) is 12.3 Å². The van der Waals surface area contributed by atoms with Gasteiger partial charge in [0.05, 0.1) is 7.11 Å². The smallest absolute Gasteiger partial charge is 0.326 e. The summed E-state index contributed by atoms with van der Waals surface area (Å²) >= 11 is 0. The Morgan fingerprint density at radius 2 is 2.06 bits per heavy atom. The molecule has 94 valence electrons. The largest absolute Gasteiger partial charge is 0.480 e. The van der Waals surface area contributed by atoms with Gasteiger partial charge in [0.25, 0.3) is 0 Å². The minimum absolute atomic E-state index is 0.0101. The maximum atomic E-state index is 11.2. The predicted molar refractivity (Wildman–Crippen MR) is 58.9 cm³/mol. The molecule has 0 saturated carbocycles. The highest BCUT2D eigenvalue weighted by molar-refractivity contribution is 5.84. The molecule has 0 rings (SSSR count). The van der Waals surface area contributed by atoms with Crippen LogP contribution in [0.4, 0.5) is 0 Å². The number of aliphatic carboxylic acids is 1. The Kier molecular flexibility index (Phi) is 7.19. The number of methoxy groups -OCH3 is 1. The van der Waals surface area contributed by atoms with Crippen molar-refractivity contribution in [2.75, 3.05) is 7.11 Å². The highest BCUT2D eigenvalue weighted by Crippen LogP contribution is 2.00. The number of esters is 1. The van der Waals surface area contributed by atoms with Gasteiger partial charge in [0.15, 0.2) is 0 Å². The Labute approximate surface area is 99.3 Å². The lowest BCUT2D eigenvalue weighted by molar-refractivity contribution is -0.144. The van der Waals surface area contributed by atoms with Crippen molar-refractivity contribution in [2.24, 2.45) is 0 Å². The molecule has 6 nitrogen and oxygen atoms in total. The van der Waals surface area contributed by atoms with E-state index >= 15 is 0 Å². The minimum atomic E-state index is -1.19. The van der Waals surface area contributed by atoms with Crippen LogP contribution in [0.2, 0.25) is 0 Å². The molecule has 2 N–H and O–H groups in total. The first-order valence-electron chi connectivity index (χ1n) is 5.03. The van der Waals surface area contributed by atoms with Crippen molar-refractivity contribution in [3.8, 4) is 12.3 Å². The predicted octanol–water partition coefficient (Wildman–Crippen LogP) is -0.0776. The Balaban J connectivity index is 4.16. The van der Waals surface area contributed by atoms with Crippen LogP contribution < -0.4 is 5.32 Å². The van der Waals surface area contributed by atoms with E-state index in [0.717, 1.165) is 0 Å². The monoisotopic (exact) mass is 241 g/mol. The van der Waals surface area contributed by atoms with E-state index in [9.17, 15) is 14.4 Å². The maximum Gasteiger partial charge on any atom is 0.326 e. The molecule has 1 amide bonds. The second kappa shape index (κ2) is 8.16. The maximum absolute atomic E-state index is 11.2. The summed E-state index contributed by atoms with van der Waals surface area (Å²) in [5, 5.41) is 11.1. The molecule has 0 aromatic heterocycles. The van der Waals surface area contributed by atoms with E-state index in [2.05, 4.69) is 16.0 Å². The standard InChI is InChI=1S/C11H15NO5/c1-3-4-5-9(13)12-8(11(15)16)6-7-10(14)17-2/h1,8H,4-7H2,2H3,(H,12,13)(H,15,16)/t8-/m1/s1. The van der Waals surface area contributed by atoms with Crippen LogP contribution in [-0.4, -0.2) is 36.1 Å². The van der Waals surface area contributed by atoms with Crippen molar-refractivity contribution >= 4 is 17.8 Å². The molecule has 0 aliphatic carbocycles. The van der Waals surface area contributed by atoms with E-state index in [1.165, 1.54) is 7.11 Å². The highest BCUT2D eigenvalue weighted by Gasteiger charge is 2.20. The van der Waals surface area contributed by atoms with Crippen LogP contribution >= 0.6 is 0 Å². The fraction of sp³-hybridized carbons (Fsp3) is 0.545. The van der Waals surface area contributed by atoms with Gasteiger partial charge in [-0.15, -0.1) is 12.3 Å². The van der Waals surface area contributed by atoms with Crippen molar-refractivity contribution in [1.82, 2.24) is 5.32 Å². The molecule has 0 aromatic carbocycles. The Morgan fingerprint density at radius 1 is 1.41 bits per heavy atom. The van der Waals surface area contributed by atoms with E-state index < -0.39 is 23.9 Å². The first-order chi connectivity index (χ1) is 8.01. The second-order valence-electron chi connectivity index (χ2n) is 3.28. The van der Waals surface area contributed by atoms with Crippen molar-refractivity contribution in [2.45, 2.75) is 31.7 Å². The normalized spacial score (nSPS) is 11.1. The third-order valence-corrected chi connectivity index (χ3v) is 1.99. The average molecular weight is 241 g/mol. The fourth-order valence-electron chi connectivity index (χ4n) is 1.07. The van der Waals surface area contributed by atoms with Crippen molar-refractivity contribution in [3.05, 3.63) is 0 Å². The van der Waals surface area contributed by atoms with Gasteiger partial charge in [0.1, 0.15) is 6.04 Å². The SMILES string of the molecule is C#CCCC(=O)N[C@H](CCC(=O)OC)C(=O)O. The van der Waals surface area contributed by atoms with Gasteiger partial charge in [-0.25, -0.2) is 4.79 Å². The average Bonchev–Trinajstić information content (AvgIpc) is 2.30. The zero-order chi connectivity index (χ0) is 13.3. The third kappa shape index (κ3) is 6.95. The van der Waals surface area contributed by atoms with E-state index in [1.54, 1.807) is 0 Å². The van der Waals surface area contributed by atoms with Gasteiger partial charge in [-0.3, -0.25) is 9.59 Å². The summed E-state index contributed by atoms with van der Waals surface area (Å²) in [6.45, 7) is 0. The zero-order valence-corrected chi connectivity index (χ0v) is 9.56. The fourth-order valence-corrected chi connectivity index (χ4v) is 1.07. The molecular weight excluding hydrogens is 226 g/mol. The molecule has 0 radical (unpaired) electrons. The summed E-state index contributed by atoms with van der Waals surface area (Å²) < 4.78 is 4.38. The molecule has 0 spiro atoms. The zero-order valence-electron chi connectivity index (χ0n) is 9.56. The summed E-state index contributed by atoms with van der Waals surface area (Å²) in [4.78, 5) is 32.9. The number of carbonyl (C=O) groups excluding carboxylic acids is 2. The first kappa shape index (κ1) is 15.0. The van der Waals surface area contributed by atoms with E-state index in [0.29, 0.717) is 0 Å². The number of amides is 1. The van der Waals surface area contributed by atoms with Crippen molar-refractivity contribution < 1.29 is 24.2 Å². The van der Waals surface area contributed by atoms with Crippen molar-refractivity contribution in [3.63, 3.8) is 0 Å². The van der Waals surface area contributed by atoms with Crippen LogP contribution in [0.25, 0.3) is 0 Å². The Morgan fingerprint density at radius 3 is 2.53 bits per heavy atom. The topological polar surface area (TPSA) is 92.7 Å². The van der Waals surface area contributed by atoms with Gasteiger partial charge < -0.3 is 15.2 Å². The molecular formula is C11H15NO5. The van der Waals surface area contributed by atoms with Crippen molar-refractivity contribution in [1.29, 1.82) is 0 Å². The molecule has 0 fully saturated rings. The summed E-state index contributed by atoms with van der Waals surface area (Å²) in [6, 6.07) is -1.10. The molecule has 0 aliphatic heterocycles. The van der Waals surface area contributed by atoms with E-state index in [-0.39, 0.29) is 25.7 Å². The van der Waals surface area contributed by atoms with E-state index in [4.69, 9.17) is 11.5 Å². The number of ether oxygens (including phenoxy) is 1. The van der Waals surface area contributed by atoms with Gasteiger partial charge >= 0.3 is 11.9 Å². The number of rotatable bonds is 7. The van der Waals surface area contributed by atoms with Gasteiger partial charge in [-0.05, 0) is 6.42 Å². The lowest BCUT2D eigenvalue weighted by Crippen LogP contribution is -2.41. The molecule has 0 unspecified atom stereocenters. The number of carbonyl (C=O) groups is 3. The lowest BCUT2D eigenvalue weighted by atomic mass is 10.1. The van der Waals surface area contributed by atoms with Crippen LogP contribution in [0.15, 0.2) is 0 Å². The molecule has 0 heterocycles. The van der Waals surface area contributed by atoms with Gasteiger partial charge in [-0.1, -0.05) is 0 Å². The van der Waals surface area contributed by atoms with Gasteiger partial charge in [0, 0.05) is 19.3 Å². The molecule has 0 bridgehead atoms. The number of terminal acetylenes is 1. The number of carboxylic acid groups (broad SMARTS) is 1. The number of nitrogens with one attached hydrogen (secondary N) is 1. The van der Waals surface area contributed by atoms with Crippen LogP contribution in [0.5, 0.6) is 0 Å². The molecule has 17 heavy (non-hydrogen) atoms. The quantitative estimate of drug-likeness (QED) is 0.480. The summed E-state index contributed by atoms with van der Waals surface area (Å²) in [6.07, 6.45) is 5.21. The van der Waals surface area contributed by atoms with Gasteiger partial charge in [-0.2, -0.15) is 0 Å². The molecule has 0 aromatic rings. The molecule has 0 saturated heterocycles. The summed E-state index contributed by atoms with van der Waals surface area (Å²) in [7, 11) is 1.21. The highest BCUT2D eigenvalue weighted by atomic mass is 16.5. The second-order valence-corrected chi connectivity index (χ2v) is 3.28. The third-order valence-electron chi connectivity index (χ3n) is 1.99. The Hall–Kier alpha value is -2.03. The molecule has 6 heteroatoms. The van der Waals surface area contributed by atoms with Crippen LogP contribution in [0.3, 0.4) is 0 Å². The minimum Gasteiger partial charge on any atom is -0.480 e. The number of hydrogen-bond acceptors (Lipinski definition) is 4. The van der Waals surface area contributed by atoms with Crippen LogP contribution in [-0.2, 0) is 19.1 Å². The first-order valence-corrected chi connectivity index (χ1v) is 5.03. The van der Waals surface area contributed by atoms with E-state index in [1.807, 2.05) is 0 Å². The van der Waals surface area contributed by atoms with Crippen LogP contribution in [0.1, 0.15) is 25.7 Å². The molecule has 0 aliphatic rings. The lowest BCUT2D eigenvalue weighted by Gasteiger charge is -2.13. The summed E-state index contributed by atoms with van der Waals surface area (Å²) in [5.41, 5.74) is 0. The number of hydrogen-bond donors (Lipinski definition) is 2. The number of carboxylic acids is 1. The van der Waals surface area contributed by atoms with Gasteiger partial charge in [0.2, 0.25) is 5.91 Å². The summed E-state index contributed by atoms with van der Waals surface area (Å²) in [5.74, 6) is 0.123. The molecule has 1 atom stereocenters. The Bertz CT molecular complexity index is 331.